The number of amides is 1. The zero-order valence-corrected chi connectivity index (χ0v) is 24.3. The number of nitrogens with one attached hydrogen (secondary N) is 3. The van der Waals surface area contributed by atoms with Crippen LogP contribution in [0.5, 0.6) is 0 Å². The minimum atomic E-state index is -0.398. The molecule has 208 valence electrons. The van der Waals surface area contributed by atoms with E-state index in [0.717, 1.165) is 50.5 Å². The molecule has 1 amide bonds. The van der Waals surface area contributed by atoms with Crippen LogP contribution < -0.4 is 5.32 Å². The zero-order chi connectivity index (χ0) is 28.3. The maximum atomic E-state index is 12.1. The molecule has 1 saturated carbocycles. The topological polar surface area (TPSA) is 113 Å². The molecule has 1 aromatic rings. The van der Waals surface area contributed by atoms with Gasteiger partial charge in [-0.15, -0.1) is 0 Å². The van der Waals surface area contributed by atoms with Gasteiger partial charge in [-0.1, -0.05) is 83.1 Å². The summed E-state index contributed by atoms with van der Waals surface area (Å²) in [7, 11) is 0. The monoisotopic (exact) mass is 521 g/mol. The molecule has 1 saturated heterocycles. The second-order valence-corrected chi connectivity index (χ2v) is 11.1. The smallest absolute Gasteiger partial charge is 0.407 e. The normalized spacial score (nSPS) is 24.7. The maximum Gasteiger partial charge on any atom is 0.407 e. The molecule has 2 fully saturated rings. The number of carbonyl (C=O) groups is 1. The quantitative estimate of drug-likeness (QED) is 0.170. The first-order valence-corrected chi connectivity index (χ1v) is 14.5. The lowest BCUT2D eigenvalue weighted by molar-refractivity contribution is 0.0694. The summed E-state index contributed by atoms with van der Waals surface area (Å²) in [6.45, 7) is 13.1. The first kappa shape index (κ1) is 31.4. The van der Waals surface area contributed by atoms with E-state index in [2.05, 4.69) is 32.1 Å². The molecule has 38 heavy (non-hydrogen) atoms. The van der Waals surface area contributed by atoms with Gasteiger partial charge in [-0.05, 0) is 56.3 Å². The van der Waals surface area contributed by atoms with Crippen LogP contribution in [-0.2, 0) is 11.3 Å². The zero-order valence-electron chi connectivity index (χ0n) is 24.3. The SMILES string of the molecule is CC.CCC1(CCNC(=O)OCc2ccccc2)CC(C(=N)N(C(C)=N)C(C)CC2CCC(C)B2C#N)C1. The van der Waals surface area contributed by atoms with Crippen LogP contribution in [0.25, 0.3) is 0 Å². The van der Waals surface area contributed by atoms with Crippen molar-refractivity contribution >= 4 is 24.5 Å². The Morgan fingerprint density at radius 1 is 1.26 bits per heavy atom. The summed E-state index contributed by atoms with van der Waals surface area (Å²) in [6, 6.07) is 9.68. The van der Waals surface area contributed by atoms with E-state index in [4.69, 9.17) is 15.6 Å². The average Bonchev–Trinajstić information content (AvgIpc) is 3.24. The number of benzene rings is 1. The first-order chi connectivity index (χ1) is 18.2. The van der Waals surface area contributed by atoms with Gasteiger partial charge >= 0.3 is 6.09 Å². The molecule has 0 radical (unpaired) electrons. The predicted molar refractivity (Wildman–Crippen MR) is 157 cm³/mol. The van der Waals surface area contributed by atoms with Crippen molar-refractivity contribution in [3.05, 3.63) is 35.9 Å². The Balaban J connectivity index is 0.00000247. The summed E-state index contributed by atoms with van der Waals surface area (Å²) < 4.78 is 5.31. The molecule has 3 atom stereocenters. The highest BCUT2D eigenvalue weighted by Crippen LogP contribution is 2.51. The number of ether oxygens (including phenoxy) is 1. The molecule has 0 spiro atoms. The third-order valence-electron chi connectivity index (χ3n) is 8.60. The Morgan fingerprint density at radius 3 is 2.50 bits per heavy atom. The van der Waals surface area contributed by atoms with Crippen LogP contribution in [0.1, 0.15) is 92.1 Å². The summed E-state index contributed by atoms with van der Waals surface area (Å²) in [5, 5.41) is 29.8. The Bertz CT molecular complexity index is 957. The van der Waals surface area contributed by atoms with Gasteiger partial charge < -0.3 is 15.0 Å². The van der Waals surface area contributed by atoms with Crippen molar-refractivity contribution in [3.63, 3.8) is 0 Å². The predicted octanol–water partition coefficient (Wildman–Crippen LogP) is 7.30. The van der Waals surface area contributed by atoms with E-state index in [1.807, 2.05) is 49.1 Å². The molecule has 8 heteroatoms. The number of amidine groups is 2. The van der Waals surface area contributed by atoms with Crippen molar-refractivity contribution < 1.29 is 9.53 Å². The van der Waals surface area contributed by atoms with Gasteiger partial charge in [-0.2, -0.15) is 0 Å². The highest BCUT2D eigenvalue weighted by molar-refractivity contribution is 6.70. The summed E-state index contributed by atoms with van der Waals surface area (Å²) in [6.07, 6.45) is 6.27. The molecule has 0 bridgehead atoms. The summed E-state index contributed by atoms with van der Waals surface area (Å²) >= 11 is 0. The van der Waals surface area contributed by atoms with Crippen LogP contribution >= 0.6 is 0 Å². The van der Waals surface area contributed by atoms with Crippen molar-refractivity contribution in [2.24, 2.45) is 11.3 Å². The molecule has 3 rings (SSSR count). The fourth-order valence-corrected chi connectivity index (χ4v) is 6.34. The van der Waals surface area contributed by atoms with Gasteiger partial charge in [0.1, 0.15) is 12.4 Å². The van der Waals surface area contributed by atoms with E-state index in [1.165, 1.54) is 0 Å². The van der Waals surface area contributed by atoms with Crippen molar-refractivity contribution in [1.29, 1.82) is 16.1 Å². The average molecular weight is 522 g/mol. The molecule has 1 heterocycles. The van der Waals surface area contributed by atoms with Crippen LogP contribution in [0, 0.1) is 33.4 Å². The minimum absolute atomic E-state index is 0.0406. The number of carbonyl (C=O) groups excluding carboxylic acids is 1. The minimum Gasteiger partial charge on any atom is -0.445 e. The summed E-state index contributed by atoms with van der Waals surface area (Å²) in [5.74, 6) is 4.36. The van der Waals surface area contributed by atoms with Crippen LogP contribution in [-0.4, -0.2) is 42.0 Å². The van der Waals surface area contributed by atoms with E-state index in [9.17, 15) is 10.1 Å². The van der Waals surface area contributed by atoms with Crippen LogP contribution in [0.15, 0.2) is 30.3 Å². The highest BCUT2D eigenvalue weighted by atomic mass is 16.5. The van der Waals surface area contributed by atoms with Crippen LogP contribution in [0.3, 0.4) is 0 Å². The lowest BCUT2D eigenvalue weighted by Crippen LogP contribution is -2.51. The number of hydrogen-bond acceptors (Lipinski definition) is 5. The standard InChI is InChI=1S/C28H42BN5O2.C2H6/c1-5-28(13-14-33-27(35)36-18-23-9-7-6-8-10-23)16-24(17-28)26(32)34(22(4)31)21(3)15-25-12-11-20(2)29(25)19-30;1-2/h6-10,20-21,24-25,31-32H,5,11-18H2,1-4H3,(H,33,35);1-2H3. The number of alkyl carbamates (subject to hydrolysis) is 1. The third kappa shape index (κ3) is 8.09. The van der Waals surface area contributed by atoms with E-state index in [1.54, 1.807) is 6.92 Å². The maximum absolute atomic E-state index is 12.1. The lowest BCUT2D eigenvalue weighted by atomic mass is 9.38. The molecule has 3 N–H and O–H groups in total. The molecule has 0 aromatic heterocycles. The fourth-order valence-electron chi connectivity index (χ4n) is 6.34. The van der Waals surface area contributed by atoms with Crippen molar-refractivity contribution in [2.75, 3.05) is 6.54 Å². The molecular weight excluding hydrogens is 473 g/mol. The first-order valence-electron chi connectivity index (χ1n) is 14.5. The van der Waals surface area contributed by atoms with Crippen molar-refractivity contribution in [1.82, 2.24) is 10.2 Å². The van der Waals surface area contributed by atoms with E-state index >= 15 is 0 Å². The molecule has 2 aliphatic rings. The summed E-state index contributed by atoms with van der Waals surface area (Å²) in [5.41, 5.74) is 1.07. The Morgan fingerprint density at radius 2 is 1.92 bits per heavy atom. The largest absolute Gasteiger partial charge is 0.445 e. The van der Waals surface area contributed by atoms with Gasteiger partial charge in [-0.25, -0.2) is 10.1 Å². The van der Waals surface area contributed by atoms with Gasteiger partial charge in [0.2, 0.25) is 0 Å². The molecule has 1 aromatic carbocycles. The van der Waals surface area contributed by atoms with E-state index in [0.29, 0.717) is 29.9 Å². The Labute approximate surface area is 230 Å². The number of nitriles is 1. The molecule has 7 nitrogen and oxygen atoms in total. The number of hydrogen-bond donors (Lipinski definition) is 3. The molecular formula is C30H48BN5O2. The van der Waals surface area contributed by atoms with E-state index < -0.39 is 6.09 Å². The molecule has 3 unspecified atom stereocenters. The van der Waals surface area contributed by atoms with Crippen molar-refractivity contribution in [3.8, 4) is 5.97 Å². The third-order valence-corrected chi connectivity index (χ3v) is 8.60. The number of rotatable bonds is 10. The molecule has 1 aliphatic carbocycles. The molecule has 1 aliphatic heterocycles. The van der Waals surface area contributed by atoms with Gasteiger partial charge in [0, 0.05) is 24.5 Å². The van der Waals surface area contributed by atoms with Gasteiger partial charge in [0.15, 0.2) is 0 Å². The summed E-state index contributed by atoms with van der Waals surface area (Å²) in [4.78, 5) is 14.0. The fraction of sp³-hybridized carbons (Fsp3) is 0.667. The Kier molecular flexibility index (Phi) is 12.4. The van der Waals surface area contributed by atoms with Crippen molar-refractivity contribution in [2.45, 2.75) is 111 Å². The second-order valence-electron chi connectivity index (χ2n) is 11.1. The van der Waals surface area contributed by atoms with Gasteiger partial charge in [0.05, 0.1) is 5.84 Å². The highest BCUT2D eigenvalue weighted by Gasteiger charge is 2.46. The Hall–Kier alpha value is -2.82. The van der Waals surface area contributed by atoms with E-state index in [-0.39, 0.29) is 30.7 Å². The van der Waals surface area contributed by atoms with Crippen LogP contribution in [0.4, 0.5) is 4.79 Å². The lowest BCUT2D eigenvalue weighted by Gasteiger charge is -2.50. The van der Waals surface area contributed by atoms with Crippen LogP contribution in [0.2, 0.25) is 11.6 Å². The van der Waals surface area contributed by atoms with Gasteiger partial charge in [0.25, 0.3) is 6.71 Å². The number of nitrogens with zero attached hydrogens (tertiary/aromatic N) is 2. The van der Waals surface area contributed by atoms with Gasteiger partial charge in [-0.3, -0.25) is 10.8 Å². The second kappa shape index (κ2) is 14.9.